The van der Waals surface area contributed by atoms with Crippen LogP contribution in [0.3, 0.4) is 0 Å². The molecule has 0 aliphatic carbocycles. The number of carbonyl (C=O) groups excluding carboxylic acids is 1. The number of carboxylic acid groups (broad SMARTS) is 1. The molecule has 1 aliphatic rings. The molecule has 1 fully saturated rings. The Kier molecular flexibility index (Phi) is 4.77. The van der Waals surface area contributed by atoms with Crippen molar-refractivity contribution in [3.63, 3.8) is 0 Å². The molecule has 1 saturated heterocycles. The van der Waals surface area contributed by atoms with E-state index in [1.54, 1.807) is 0 Å². The number of aromatic carboxylic acids is 1. The molecule has 6 nitrogen and oxygen atoms in total. The molecule has 2 rings (SSSR count). The molecule has 0 aromatic carbocycles. The Labute approximate surface area is 124 Å². The van der Waals surface area contributed by atoms with Crippen LogP contribution in [-0.4, -0.2) is 39.6 Å². The number of aromatic nitrogens is 1. The first-order valence-corrected chi connectivity index (χ1v) is 7.20. The highest BCUT2D eigenvalue weighted by Crippen LogP contribution is 2.21. The van der Waals surface area contributed by atoms with Crippen LogP contribution in [0, 0.1) is 5.92 Å². The molecule has 2 heterocycles. The van der Waals surface area contributed by atoms with Crippen molar-refractivity contribution in [2.45, 2.75) is 39.3 Å². The second-order valence-electron chi connectivity index (χ2n) is 5.68. The van der Waals surface area contributed by atoms with Gasteiger partial charge in [0.1, 0.15) is 0 Å². The van der Waals surface area contributed by atoms with E-state index in [-0.39, 0.29) is 24.2 Å². The van der Waals surface area contributed by atoms with E-state index in [0.717, 1.165) is 19.4 Å². The zero-order valence-corrected chi connectivity index (χ0v) is 12.4. The number of hydrogen-bond donors (Lipinski definition) is 2. The molecule has 21 heavy (non-hydrogen) atoms. The smallest absolute Gasteiger partial charge is 0.335 e. The molecule has 0 saturated carbocycles. The maximum atomic E-state index is 12.2. The van der Waals surface area contributed by atoms with Crippen LogP contribution in [0.4, 0.5) is 4.79 Å². The monoisotopic (exact) mass is 291 g/mol. The molecule has 2 N–H and O–H groups in total. The fourth-order valence-electron chi connectivity index (χ4n) is 2.55. The van der Waals surface area contributed by atoms with Gasteiger partial charge in [-0.1, -0.05) is 6.92 Å². The highest BCUT2D eigenvalue weighted by Gasteiger charge is 2.26. The van der Waals surface area contributed by atoms with Gasteiger partial charge in [0.25, 0.3) is 0 Å². The van der Waals surface area contributed by atoms with Gasteiger partial charge < -0.3 is 15.3 Å². The number of carboxylic acids is 1. The third kappa shape index (κ3) is 3.93. The van der Waals surface area contributed by atoms with Gasteiger partial charge in [-0.3, -0.25) is 4.98 Å². The molecule has 0 radical (unpaired) electrons. The Bertz CT molecular complexity index is 533. The zero-order valence-electron chi connectivity index (χ0n) is 12.4. The summed E-state index contributed by atoms with van der Waals surface area (Å²) in [5.41, 5.74) is 0.718. The van der Waals surface area contributed by atoms with E-state index in [0.29, 0.717) is 11.6 Å². The second-order valence-corrected chi connectivity index (χ2v) is 5.68. The summed E-state index contributed by atoms with van der Waals surface area (Å²) in [6.45, 7) is 5.19. The summed E-state index contributed by atoms with van der Waals surface area (Å²) >= 11 is 0. The van der Waals surface area contributed by atoms with Gasteiger partial charge >= 0.3 is 12.0 Å². The lowest BCUT2D eigenvalue weighted by Gasteiger charge is -2.36. The van der Waals surface area contributed by atoms with Crippen LogP contribution in [0.25, 0.3) is 0 Å². The number of rotatable bonds is 3. The normalized spacial score (nSPS) is 21.9. The quantitative estimate of drug-likeness (QED) is 0.893. The Morgan fingerprint density at radius 3 is 2.90 bits per heavy atom. The minimum atomic E-state index is -0.997. The summed E-state index contributed by atoms with van der Waals surface area (Å²) in [5, 5.41) is 11.7. The molecule has 114 valence electrons. The van der Waals surface area contributed by atoms with E-state index >= 15 is 0 Å². The minimum Gasteiger partial charge on any atom is -0.478 e. The third-order valence-corrected chi connectivity index (χ3v) is 3.86. The molecule has 1 aromatic rings. The standard InChI is InChI=1S/C15H21N3O3/c1-10-3-4-11(2)18(9-10)15(21)17-8-13-7-12(14(19)20)5-6-16-13/h5-7,10-11H,3-4,8-9H2,1-2H3,(H,17,21)(H,19,20). The maximum Gasteiger partial charge on any atom is 0.335 e. The Hall–Kier alpha value is -2.11. The number of carbonyl (C=O) groups is 2. The second kappa shape index (κ2) is 6.56. The van der Waals surface area contributed by atoms with Crippen molar-refractivity contribution in [3.8, 4) is 0 Å². The van der Waals surface area contributed by atoms with Crippen LogP contribution < -0.4 is 5.32 Å². The van der Waals surface area contributed by atoms with Crippen LogP contribution in [-0.2, 0) is 6.54 Å². The van der Waals surface area contributed by atoms with Gasteiger partial charge in [-0.25, -0.2) is 9.59 Å². The minimum absolute atomic E-state index is 0.114. The first-order valence-electron chi connectivity index (χ1n) is 7.20. The predicted octanol–water partition coefficient (Wildman–Crippen LogP) is 2.11. The fourth-order valence-corrected chi connectivity index (χ4v) is 2.55. The van der Waals surface area contributed by atoms with Gasteiger partial charge in [-0.15, -0.1) is 0 Å². The molecule has 2 amide bonds. The summed E-state index contributed by atoms with van der Waals surface area (Å²) < 4.78 is 0. The molecular weight excluding hydrogens is 270 g/mol. The lowest BCUT2D eigenvalue weighted by atomic mass is 9.95. The average molecular weight is 291 g/mol. The zero-order chi connectivity index (χ0) is 15.4. The SMILES string of the molecule is CC1CCC(C)N(C(=O)NCc2cc(C(=O)O)ccn2)C1. The van der Waals surface area contributed by atoms with E-state index in [4.69, 9.17) is 5.11 Å². The van der Waals surface area contributed by atoms with Crippen LogP contribution in [0.15, 0.2) is 18.3 Å². The number of pyridine rings is 1. The van der Waals surface area contributed by atoms with Crippen molar-refractivity contribution in [1.29, 1.82) is 0 Å². The Balaban J connectivity index is 1.94. The summed E-state index contributed by atoms with van der Waals surface area (Å²) in [5.74, 6) is -0.483. The first kappa shape index (κ1) is 15.3. The summed E-state index contributed by atoms with van der Waals surface area (Å²) in [4.78, 5) is 29.0. The number of amides is 2. The van der Waals surface area contributed by atoms with Crippen molar-refractivity contribution in [3.05, 3.63) is 29.6 Å². The first-order chi connectivity index (χ1) is 9.97. The van der Waals surface area contributed by atoms with Crippen molar-refractivity contribution in [2.24, 2.45) is 5.92 Å². The van der Waals surface area contributed by atoms with Gasteiger partial charge in [0.05, 0.1) is 17.8 Å². The van der Waals surface area contributed by atoms with Gasteiger partial charge in [0, 0.05) is 18.8 Å². The molecule has 2 unspecified atom stereocenters. The van der Waals surface area contributed by atoms with E-state index in [1.807, 2.05) is 4.90 Å². The average Bonchev–Trinajstić information content (AvgIpc) is 2.47. The summed E-state index contributed by atoms with van der Waals surface area (Å²) in [6, 6.07) is 3.03. The van der Waals surface area contributed by atoms with Crippen molar-refractivity contribution >= 4 is 12.0 Å². The van der Waals surface area contributed by atoms with E-state index in [1.165, 1.54) is 18.3 Å². The molecule has 0 bridgehead atoms. The van der Waals surface area contributed by atoms with Crippen LogP contribution >= 0.6 is 0 Å². The molecule has 0 spiro atoms. The van der Waals surface area contributed by atoms with Crippen LogP contribution in [0.5, 0.6) is 0 Å². The van der Waals surface area contributed by atoms with Crippen molar-refractivity contribution in [2.75, 3.05) is 6.54 Å². The number of nitrogens with zero attached hydrogens (tertiary/aromatic N) is 2. The molecule has 1 aromatic heterocycles. The Morgan fingerprint density at radius 2 is 2.19 bits per heavy atom. The van der Waals surface area contributed by atoms with Gasteiger partial charge in [-0.2, -0.15) is 0 Å². The summed E-state index contributed by atoms with van der Waals surface area (Å²) in [7, 11) is 0. The lowest BCUT2D eigenvalue weighted by molar-refractivity contribution is 0.0696. The number of likely N-dealkylation sites (tertiary alicyclic amines) is 1. The highest BCUT2D eigenvalue weighted by atomic mass is 16.4. The number of nitrogens with one attached hydrogen (secondary N) is 1. The number of urea groups is 1. The molecule has 6 heteroatoms. The maximum absolute atomic E-state index is 12.2. The van der Waals surface area contributed by atoms with Crippen molar-refractivity contribution < 1.29 is 14.7 Å². The van der Waals surface area contributed by atoms with Crippen LogP contribution in [0.2, 0.25) is 0 Å². The van der Waals surface area contributed by atoms with E-state index in [9.17, 15) is 9.59 Å². The molecule has 1 aliphatic heterocycles. The fraction of sp³-hybridized carbons (Fsp3) is 0.533. The Morgan fingerprint density at radius 1 is 1.43 bits per heavy atom. The van der Waals surface area contributed by atoms with Gasteiger partial charge in [0.2, 0.25) is 0 Å². The lowest BCUT2D eigenvalue weighted by Crippen LogP contribution is -2.49. The highest BCUT2D eigenvalue weighted by molar-refractivity contribution is 5.87. The van der Waals surface area contributed by atoms with Crippen molar-refractivity contribution in [1.82, 2.24) is 15.2 Å². The van der Waals surface area contributed by atoms with Crippen LogP contribution in [0.1, 0.15) is 42.7 Å². The van der Waals surface area contributed by atoms with Gasteiger partial charge in [0.15, 0.2) is 0 Å². The molecular formula is C15H21N3O3. The van der Waals surface area contributed by atoms with E-state index in [2.05, 4.69) is 24.1 Å². The number of hydrogen-bond acceptors (Lipinski definition) is 3. The van der Waals surface area contributed by atoms with E-state index < -0.39 is 5.97 Å². The largest absolute Gasteiger partial charge is 0.478 e. The van der Waals surface area contributed by atoms with Gasteiger partial charge in [-0.05, 0) is 37.8 Å². The number of piperidine rings is 1. The predicted molar refractivity (Wildman–Crippen MR) is 78.0 cm³/mol. The molecule has 2 atom stereocenters. The summed E-state index contributed by atoms with van der Waals surface area (Å²) in [6.07, 6.45) is 3.60. The topological polar surface area (TPSA) is 82.5 Å². The third-order valence-electron chi connectivity index (χ3n) is 3.86.